The van der Waals surface area contributed by atoms with Crippen LogP contribution in [0.5, 0.6) is 0 Å². The fourth-order valence-electron chi connectivity index (χ4n) is 2.34. The minimum Gasteiger partial charge on any atom is -0.548 e. The van der Waals surface area contributed by atoms with E-state index in [4.69, 9.17) is 9.84 Å². The third-order valence-electron chi connectivity index (χ3n) is 3.79. The molecule has 0 heterocycles. The normalized spacial score (nSPS) is 11.8. The first-order chi connectivity index (χ1) is 11.8. The van der Waals surface area contributed by atoms with Crippen LogP contribution in [0.3, 0.4) is 0 Å². The van der Waals surface area contributed by atoms with E-state index in [1.54, 1.807) is 13.8 Å². The van der Waals surface area contributed by atoms with Crippen LogP contribution in [0.25, 0.3) is 11.1 Å². The Morgan fingerprint density at radius 2 is 1.62 bits per heavy atom. The molecule has 2 N–H and O–H groups in total. The van der Waals surface area contributed by atoms with Crippen molar-refractivity contribution in [3.63, 3.8) is 0 Å². The molecule has 6 nitrogen and oxygen atoms in total. The van der Waals surface area contributed by atoms with E-state index in [-0.39, 0.29) is 18.9 Å². The number of aliphatic hydroxyl groups is 1. The van der Waals surface area contributed by atoms with Crippen molar-refractivity contribution in [3.8, 4) is 11.1 Å². The van der Waals surface area contributed by atoms with Crippen molar-refractivity contribution in [3.05, 3.63) is 60.2 Å². The molecule has 0 aliphatic heterocycles. The molecule has 0 aromatic heterocycles. The monoisotopic (exact) mass is 349 g/mol. The van der Waals surface area contributed by atoms with E-state index in [9.17, 15) is 14.7 Å². The van der Waals surface area contributed by atoms with Gasteiger partial charge in [-0.05, 0) is 30.5 Å². The van der Waals surface area contributed by atoms with Crippen LogP contribution in [-0.2, 0) is 15.1 Å². The molecule has 0 fully saturated rings. The summed E-state index contributed by atoms with van der Waals surface area (Å²) in [5.41, 5.74) is 1.87. The van der Waals surface area contributed by atoms with Gasteiger partial charge in [-0.25, -0.2) is 4.79 Å². The summed E-state index contributed by atoms with van der Waals surface area (Å²) in [5, 5.41) is 21.7. The van der Waals surface area contributed by atoms with Crippen LogP contribution in [0.1, 0.15) is 19.4 Å². The molecule has 0 saturated carbocycles. The minimum absolute atomic E-state index is 0. The van der Waals surface area contributed by atoms with Crippen molar-refractivity contribution in [1.29, 1.82) is 0 Å². The number of carboxylic acids is 1. The molecule has 0 aliphatic rings. The molecule has 2 rings (SSSR count). The zero-order valence-electron chi connectivity index (χ0n) is 15.1. The van der Waals surface area contributed by atoms with E-state index in [1.165, 1.54) is 0 Å². The van der Waals surface area contributed by atoms with Gasteiger partial charge in [-0.1, -0.05) is 54.6 Å². The van der Waals surface area contributed by atoms with E-state index in [1.807, 2.05) is 54.6 Å². The predicted molar refractivity (Wildman–Crippen MR) is 90.4 cm³/mol. The zero-order chi connectivity index (χ0) is 18.4. The molecule has 0 saturated heterocycles. The van der Waals surface area contributed by atoms with Crippen LogP contribution in [0.4, 0.5) is 4.79 Å². The number of nitrogens with one attached hydrogen (secondary N) is 1. The molecule has 7 heteroatoms. The number of amides is 1. The first-order valence-electron chi connectivity index (χ1n) is 7.80. The zero-order valence-corrected chi connectivity index (χ0v) is 15.1. The Bertz CT molecular complexity index is 731. The van der Waals surface area contributed by atoms with Crippen LogP contribution in [0.15, 0.2) is 54.6 Å². The maximum Gasteiger partial charge on any atom is 1.00 e. The summed E-state index contributed by atoms with van der Waals surface area (Å²) in [7, 11) is 0. The SMILES string of the molecule is CC(C)(OC(=O)N[C@@H](CO)C(=O)[O-])c1ccc(-c2ccccc2)cc1.[Li+]. The summed E-state index contributed by atoms with van der Waals surface area (Å²) in [4.78, 5) is 22.6. The molecule has 0 aliphatic carbocycles. The van der Waals surface area contributed by atoms with Gasteiger partial charge in [-0.15, -0.1) is 0 Å². The Morgan fingerprint density at radius 3 is 2.12 bits per heavy atom. The van der Waals surface area contributed by atoms with E-state index in [0.29, 0.717) is 0 Å². The molecule has 1 atom stereocenters. The van der Waals surface area contributed by atoms with Crippen molar-refractivity contribution in [2.24, 2.45) is 0 Å². The molecular weight excluding hydrogens is 329 g/mol. The molecular formula is C19H20LiNO5. The number of carboxylic acid groups (broad SMARTS) is 1. The van der Waals surface area contributed by atoms with Crippen LogP contribution in [0, 0.1) is 0 Å². The maximum absolute atomic E-state index is 11.9. The second kappa shape index (κ2) is 9.44. The number of ether oxygens (including phenoxy) is 1. The van der Waals surface area contributed by atoms with Crippen molar-refractivity contribution in [1.82, 2.24) is 5.32 Å². The molecule has 0 bridgehead atoms. The smallest absolute Gasteiger partial charge is 0.548 e. The molecule has 0 spiro atoms. The average molecular weight is 349 g/mol. The number of aliphatic carboxylic acids is 1. The standard InChI is InChI=1S/C19H21NO5.Li/c1-19(2,25-18(24)20-16(12-21)17(22)23)15-10-8-14(9-11-15)13-6-4-3-5-7-13;/h3-11,16,21H,12H2,1-2H3,(H,20,24)(H,22,23);/q;+1/p-1/t16-;/m0./s1. The topological polar surface area (TPSA) is 98.7 Å². The van der Waals surface area contributed by atoms with Gasteiger partial charge >= 0.3 is 25.0 Å². The van der Waals surface area contributed by atoms with Crippen LogP contribution < -0.4 is 29.3 Å². The fraction of sp³-hybridized carbons (Fsp3) is 0.263. The van der Waals surface area contributed by atoms with E-state index in [0.717, 1.165) is 16.7 Å². The summed E-state index contributed by atoms with van der Waals surface area (Å²) >= 11 is 0. The van der Waals surface area contributed by atoms with E-state index < -0.39 is 30.3 Å². The Balaban J connectivity index is 0.00000338. The molecule has 2 aromatic rings. The van der Waals surface area contributed by atoms with Crippen LogP contribution in [0.2, 0.25) is 0 Å². The van der Waals surface area contributed by atoms with Gasteiger partial charge in [0.1, 0.15) is 5.60 Å². The summed E-state index contributed by atoms with van der Waals surface area (Å²) in [5.74, 6) is -1.58. The second-order valence-corrected chi connectivity index (χ2v) is 6.04. The number of rotatable bonds is 6. The number of carbonyl (C=O) groups excluding carboxylic acids is 2. The van der Waals surface area contributed by atoms with Gasteiger partial charge in [0, 0.05) is 0 Å². The summed E-state index contributed by atoms with van der Waals surface area (Å²) < 4.78 is 5.30. The average Bonchev–Trinajstić information content (AvgIpc) is 2.60. The Morgan fingerprint density at radius 1 is 1.08 bits per heavy atom. The molecule has 0 unspecified atom stereocenters. The van der Waals surface area contributed by atoms with Gasteiger partial charge in [-0.3, -0.25) is 0 Å². The number of hydrogen-bond donors (Lipinski definition) is 2. The molecule has 2 aromatic carbocycles. The molecule has 132 valence electrons. The van der Waals surface area contributed by atoms with Crippen molar-refractivity contribution < 1.29 is 43.4 Å². The summed E-state index contributed by atoms with van der Waals surface area (Å²) in [6.45, 7) is 2.61. The van der Waals surface area contributed by atoms with Gasteiger partial charge in [0.05, 0.1) is 18.6 Å². The van der Waals surface area contributed by atoms with Gasteiger partial charge in [0.15, 0.2) is 0 Å². The van der Waals surface area contributed by atoms with Crippen LogP contribution >= 0.6 is 0 Å². The van der Waals surface area contributed by atoms with Gasteiger partial charge in [-0.2, -0.15) is 0 Å². The number of benzene rings is 2. The maximum atomic E-state index is 11.9. The van der Waals surface area contributed by atoms with Gasteiger partial charge < -0.3 is 25.1 Å². The van der Waals surface area contributed by atoms with E-state index in [2.05, 4.69) is 5.32 Å². The molecule has 1 amide bonds. The third kappa shape index (κ3) is 5.63. The third-order valence-corrected chi connectivity index (χ3v) is 3.79. The van der Waals surface area contributed by atoms with Gasteiger partial charge in [0.25, 0.3) is 0 Å². The molecule has 26 heavy (non-hydrogen) atoms. The summed E-state index contributed by atoms with van der Waals surface area (Å²) in [6, 6.07) is 15.9. The Labute approximate surface area is 164 Å². The van der Waals surface area contributed by atoms with E-state index >= 15 is 0 Å². The quantitative estimate of drug-likeness (QED) is 0.614. The van der Waals surface area contributed by atoms with Crippen LogP contribution in [-0.4, -0.2) is 29.8 Å². The number of hydrogen-bond acceptors (Lipinski definition) is 5. The Kier molecular flexibility index (Phi) is 7.91. The van der Waals surface area contributed by atoms with Gasteiger partial charge in [0.2, 0.25) is 0 Å². The van der Waals surface area contributed by atoms with Crippen molar-refractivity contribution in [2.75, 3.05) is 6.61 Å². The molecule has 0 radical (unpaired) electrons. The van der Waals surface area contributed by atoms with Crippen molar-refractivity contribution >= 4 is 12.1 Å². The minimum atomic E-state index is -1.58. The second-order valence-electron chi connectivity index (χ2n) is 6.04. The number of carbonyl (C=O) groups is 2. The summed E-state index contributed by atoms with van der Waals surface area (Å²) in [6.07, 6.45) is -0.944. The Hall–Kier alpha value is -2.26. The fourth-order valence-corrected chi connectivity index (χ4v) is 2.34. The van der Waals surface area contributed by atoms with Crippen molar-refractivity contribution in [2.45, 2.75) is 25.5 Å². The number of alkyl carbamates (subject to hydrolysis) is 1. The first kappa shape index (κ1) is 21.8. The largest absolute Gasteiger partial charge is 1.00 e. The first-order valence-corrected chi connectivity index (χ1v) is 7.80. The number of aliphatic hydroxyl groups excluding tert-OH is 1. The predicted octanol–water partition coefficient (Wildman–Crippen LogP) is -1.57.